The zero-order chi connectivity index (χ0) is 12.1. The van der Waals surface area contributed by atoms with Crippen LogP contribution < -0.4 is 11.1 Å². The average molecular weight is 242 g/mol. The molecule has 0 bridgehead atoms. The number of nitrogens with two attached hydrogens (primary N) is 1. The van der Waals surface area contributed by atoms with Crippen LogP contribution in [0.1, 0.15) is 25.8 Å². The maximum Gasteiger partial charge on any atom is 0.142 e. The third-order valence-electron chi connectivity index (χ3n) is 2.81. The first kappa shape index (κ1) is 13.3. The molecule has 16 heavy (non-hydrogen) atoms. The van der Waals surface area contributed by atoms with Crippen LogP contribution in [-0.4, -0.2) is 35.5 Å². The quantitative estimate of drug-likeness (QED) is 0.751. The van der Waals surface area contributed by atoms with E-state index in [1.807, 2.05) is 6.92 Å². The molecule has 0 radical (unpaired) electrons. The van der Waals surface area contributed by atoms with Crippen LogP contribution in [-0.2, 0) is 0 Å². The van der Waals surface area contributed by atoms with Crippen LogP contribution in [0.2, 0.25) is 0 Å². The molecule has 0 amide bonds. The lowest BCUT2D eigenvalue weighted by molar-refractivity contribution is 0.273. The highest BCUT2D eigenvalue weighted by atomic mass is 32.1. The van der Waals surface area contributed by atoms with E-state index in [-0.39, 0.29) is 0 Å². The summed E-state index contributed by atoms with van der Waals surface area (Å²) in [5.74, 6) is 0.645. The average Bonchev–Trinajstić information content (AvgIpc) is 2.55. The highest BCUT2D eigenvalue weighted by Gasteiger charge is 2.06. The third-order valence-corrected chi connectivity index (χ3v) is 3.74. The van der Waals surface area contributed by atoms with Crippen LogP contribution in [0.3, 0.4) is 0 Å². The number of nitrogens with one attached hydrogen (secondary N) is 1. The van der Waals surface area contributed by atoms with Gasteiger partial charge in [-0.3, -0.25) is 0 Å². The third kappa shape index (κ3) is 3.64. The minimum Gasteiger partial charge on any atom is -0.383 e. The van der Waals surface area contributed by atoms with Crippen LogP contribution in [0.25, 0.3) is 0 Å². The van der Waals surface area contributed by atoms with E-state index in [1.54, 1.807) is 0 Å². The first-order chi connectivity index (χ1) is 7.52. The first-order valence-electron chi connectivity index (χ1n) is 5.68. The topological polar surface area (TPSA) is 54.2 Å². The fourth-order valence-electron chi connectivity index (χ4n) is 1.30. The summed E-state index contributed by atoms with van der Waals surface area (Å²) >= 11 is 1.44. The number of nitrogen functional groups attached to an aromatic ring is 1. The SMILES string of the molecule is Cc1c(N)nsc1NCCCN(C)C(C)C. The largest absolute Gasteiger partial charge is 0.383 e. The van der Waals surface area contributed by atoms with E-state index in [0.717, 1.165) is 30.1 Å². The molecule has 0 saturated carbocycles. The minimum absolute atomic E-state index is 0.612. The fraction of sp³-hybridized carbons (Fsp3) is 0.727. The first-order valence-corrected chi connectivity index (χ1v) is 6.45. The van der Waals surface area contributed by atoms with E-state index in [9.17, 15) is 0 Å². The second kappa shape index (κ2) is 6.06. The maximum absolute atomic E-state index is 5.68. The standard InChI is InChI=1S/C11H22N4S/c1-8(2)15(4)7-5-6-13-11-9(3)10(12)14-16-11/h8,13H,5-7H2,1-4H3,(H2,12,14). The molecule has 1 aromatic rings. The maximum atomic E-state index is 5.68. The molecule has 1 aromatic heterocycles. The minimum atomic E-state index is 0.612. The van der Waals surface area contributed by atoms with Crippen molar-refractivity contribution < 1.29 is 0 Å². The van der Waals surface area contributed by atoms with Crippen LogP contribution in [0, 0.1) is 6.92 Å². The lowest BCUT2D eigenvalue weighted by Crippen LogP contribution is -2.28. The molecule has 0 spiro atoms. The Balaban J connectivity index is 2.24. The fourth-order valence-corrected chi connectivity index (χ4v) is 2.04. The van der Waals surface area contributed by atoms with E-state index in [2.05, 4.69) is 35.5 Å². The molecule has 92 valence electrons. The Hall–Kier alpha value is -0.810. The van der Waals surface area contributed by atoms with E-state index in [4.69, 9.17) is 5.73 Å². The van der Waals surface area contributed by atoms with Gasteiger partial charge in [0.25, 0.3) is 0 Å². The Kier molecular flexibility index (Phi) is 5.02. The van der Waals surface area contributed by atoms with Gasteiger partial charge in [-0.25, -0.2) is 0 Å². The van der Waals surface area contributed by atoms with E-state index in [1.165, 1.54) is 11.5 Å². The molecule has 0 unspecified atom stereocenters. The molecular formula is C11H22N4S. The Morgan fingerprint density at radius 2 is 2.19 bits per heavy atom. The van der Waals surface area contributed by atoms with Crippen molar-refractivity contribution in [2.75, 3.05) is 31.2 Å². The van der Waals surface area contributed by atoms with Gasteiger partial charge < -0.3 is 16.0 Å². The van der Waals surface area contributed by atoms with Gasteiger partial charge >= 0.3 is 0 Å². The van der Waals surface area contributed by atoms with Gasteiger partial charge in [0, 0.05) is 18.2 Å². The Bertz CT molecular complexity index is 322. The number of anilines is 2. The Morgan fingerprint density at radius 3 is 2.69 bits per heavy atom. The van der Waals surface area contributed by atoms with Gasteiger partial charge in [-0.1, -0.05) is 0 Å². The zero-order valence-electron chi connectivity index (χ0n) is 10.6. The summed E-state index contributed by atoms with van der Waals surface area (Å²) in [7, 11) is 2.15. The van der Waals surface area contributed by atoms with E-state index >= 15 is 0 Å². The van der Waals surface area contributed by atoms with Gasteiger partial charge in [0.05, 0.1) is 0 Å². The summed E-state index contributed by atoms with van der Waals surface area (Å²) in [5.41, 5.74) is 6.76. The number of hydrogen-bond donors (Lipinski definition) is 2. The number of hydrogen-bond acceptors (Lipinski definition) is 5. The summed E-state index contributed by atoms with van der Waals surface area (Å²) in [5, 5.41) is 4.48. The summed E-state index contributed by atoms with van der Waals surface area (Å²) in [6.07, 6.45) is 1.13. The molecule has 3 N–H and O–H groups in total. The van der Waals surface area contributed by atoms with Gasteiger partial charge in [0.1, 0.15) is 10.8 Å². The molecule has 0 fully saturated rings. The molecule has 0 aliphatic rings. The normalized spacial score (nSPS) is 11.4. The second-order valence-electron chi connectivity index (χ2n) is 4.38. The van der Waals surface area contributed by atoms with E-state index in [0.29, 0.717) is 11.9 Å². The molecule has 0 aliphatic carbocycles. The van der Waals surface area contributed by atoms with Crippen molar-refractivity contribution in [2.24, 2.45) is 0 Å². The van der Waals surface area contributed by atoms with Crippen molar-refractivity contribution in [3.8, 4) is 0 Å². The molecule has 0 aromatic carbocycles. The van der Waals surface area contributed by atoms with Gasteiger partial charge in [0.2, 0.25) is 0 Å². The van der Waals surface area contributed by atoms with Crippen molar-refractivity contribution in [3.63, 3.8) is 0 Å². The van der Waals surface area contributed by atoms with Crippen molar-refractivity contribution in [1.82, 2.24) is 9.27 Å². The van der Waals surface area contributed by atoms with Gasteiger partial charge in [-0.2, -0.15) is 4.37 Å². The molecule has 1 rings (SSSR count). The molecule has 5 heteroatoms. The van der Waals surface area contributed by atoms with Crippen LogP contribution in [0.15, 0.2) is 0 Å². The summed E-state index contributed by atoms with van der Waals surface area (Å²) in [6, 6.07) is 0.612. The van der Waals surface area contributed by atoms with E-state index < -0.39 is 0 Å². The van der Waals surface area contributed by atoms with Crippen molar-refractivity contribution in [1.29, 1.82) is 0 Å². The molecule has 1 heterocycles. The molecule has 4 nitrogen and oxygen atoms in total. The van der Waals surface area contributed by atoms with Crippen molar-refractivity contribution >= 4 is 22.4 Å². The summed E-state index contributed by atoms with van der Waals surface area (Å²) in [4.78, 5) is 2.34. The Morgan fingerprint density at radius 1 is 1.50 bits per heavy atom. The van der Waals surface area contributed by atoms with Gasteiger partial charge in [0.15, 0.2) is 0 Å². The molecule has 0 aliphatic heterocycles. The van der Waals surface area contributed by atoms with Gasteiger partial charge in [-0.15, -0.1) is 0 Å². The predicted molar refractivity (Wildman–Crippen MR) is 72.1 cm³/mol. The van der Waals surface area contributed by atoms with Crippen LogP contribution in [0.4, 0.5) is 10.8 Å². The van der Waals surface area contributed by atoms with Crippen molar-refractivity contribution in [2.45, 2.75) is 33.2 Å². The highest BCUT2D eigenvalue weighted by molar-refractivity contribution is 7.10. The smallest absolute Gasteiger partial charge is 0.142 e. The molecular weight excluding hydrogens is 220 g/mol. The number of nitrogens with zero attached hydrogens (tertiary/aromatic N) is 2. The van der Waals surface area contributed by atoms with Gasteiger partial charge in [-0.05, 0) is 52.3 Å². The monoisotopic (exact) mass is 242 g/mol. The number of rotatable bonds is 6. The van der Waals surface area contributed by atoms with Crippen LogP contribution in [0.5, 0.6) is 0 Å². The summed E-state index contributed by atoms with van der Waals surface area (Å²) in [6.45, 7) is 8.50. The lowest BCUT2D eigenvalue weighted by Gasteiger charge is -2.20. The second-order valence-corrected chi connectivity index (χ2v) is 5.15. The van der Waals surface area contributed by atoms with Crippen LogP contribution >= 0.6 is 11.5 Å². The molecule has 0 saturated heterocycles. The highest BCUT2D eigenvalue weighted by Crippen LogP contribution is 2.24. The number of aromatic nitrogens is 1. The summed E-state index contributed by atoms with van der Waals surface area (Å²) < 4.78 is 4.10. The lowest BCUT2D eigenvalue weighted by atomic mass is 10.3. The van der Waals surface area contributed by atoms with Crippen molar-refractivity contribution in [3.05, 3.63) is 5.56 Å². The predicted octanol–water partition coefficient (Wildman–Crippen LogP) is 2.18. The zero-order valence-corrected chi connectivity index (χ0v) is 11.4. The Labute approximate surface area is 102 Å². The molecule has 0 atom stereocenters.